The number of sulfonamides is 1. The van der Waals surface area contributed by atoms with E-state index in [-0.39, 0.29) is 11.8 Å². The van der Waals surface area contributed by atoms with Gasteiger partial charge >= 0.3 is 0 Å². The first-order valence-corrected chi connectivity index (χ1v) is 9.17. The number of benzene rings is 1. The zero-order valence-corrected chi connectivity index (χ0v) is 13.3. The molecule has 1 aliphatic rings. The molecule has 0 bridgehead atoms. The first-order chi connectivity index (χ1) is 10.1. The van der Waals surface area contributed by atoms with Gasteiger partial charge in [-0.25, -0.2) is 8.42 Å². The van der Waals surface area contributed by atoms with E-state index < -0.39 is 10.0 Å². The molecular formula is C16H22N2O2S. The van der Waals surface area contributed by atoms with Crippen LogP contribution in [0.3, 0.4) is 0 Å². The highest BCUT2D eigenvalue weighted by atomic mass is 32.2. The summed E-state index contributed by atoms with van der Waals surface area (Å²) < 4.78 is 27.2. The van der Waals surface area contributed by atoms with E-state index >= 15 is 0 Å². The quantitative estimate of drug-likeness (QED) is 0.859. The second-order valence-corrected chi connectivity index (χ2v) is 7.47. The molecule has 1 heterocycles. The number of hydrogen-bond acceptors (Lipinski definition) is 3. The van der Waals surface area contributed by atoms with Crippen molar-refractivity contribution in [3.8, 4) is 6.07 Å². The Morgan fingerprint density at radius 1 is 1.29 bits per heavy atom. The van der Waals surface area contributed by atoms with E-state index in [1.807, 2.05) is 6.92 Å². The summed E-state index contributed by atoms with van der Waals surface area (Å²) in [7, 11) is -3.37. The number of rotatable bonds is 4. The summed E-state index contributed by atoms with van der Waals surface area (Å²) >= 11 is 0. The van der Waals surface area contributed by atoms with E-state index in [0.717, 1.165) is 32.1 Å². The van der Waals surface area contributed by atoms with E-state index in [2.05, 4.69) is 6.07 Å². The number of hydrogen-bond donors (Lipinski definition) is 0. The third-order valence-electron chi connectivity index (χ3n) is 4.13. The molecule has 1 fully saturated rings. The number of nitrogens with zero attached hydrogens (tertiary/aromatic N) is 2. The van der Waals surface area contributed by atoms with Crippen LogP contribution in [0.2, 0.25) is 0 Å². The molecule has 2 rings (SSSR count). The lowest BCUT2D eigenvalue weighted by Crippen LogP contribution is -2.40. The van der Waals surface area contributed by atoms with Crippen molar-refractivity contribution in [1.82, 2.24) is 4.31 Å². The predicted octanol–water partition coefficient (Wildman–Crippen LogP) is 3.04. The molecule has 4 nitrogen and oxygen atoms in total. The van der Waals surface area contributed by atoms with Gasteiger partial charge in [0.25, 0.3) is 0 Å². The standard InChI is InChI=1S/C16H22N2O2S/c1-2-16-10-4-3-7-11-18(16)21(19,20)13-15-9-6-5-8-14(15)12-17/h5-6,8-9,16H,2-4,7,10-11,13H2,1H3. The highest BCUT2D eigenvalue weighted by Crippen LogP contribution is 2.24. The van der Waals surface area contributed by atoms with Gasteiger partial charge in [-0.3, -0.25) is 0 Å². The Morgan fingerprint density at radius 2 is 2.05 bits per heavy atom. The fourth-order valence-electron chi connectivity index (χ4n) is 2.96. The molecule has 1 unspecified atom stereocenters. The summed E-state index contributed by atoms with van der Waals surface area (Å²) in [6.07, 6.45) is 4.90. The molecule has 1 atom stereocenters. The second kappa shape index (κ2) is 7.06. The molecule has 0 radical (unpaired) electrons. The van der Waals surface area contributed by atoms with Gasteiger partial charge in [-0.05, 0) is 30.9 Å². The Bertz CT molecular complexity index is 619. The maximum absolute atomic E-state index is 12.8. The topological polar surface area (TPSA) is 61.2 Å². The van der Waals surface area contributed by atoms with Crippen LogP contribution in [0, 0.1) is 11.3 Å². The second-order valence-electron chi connectivity index (χ2n) is 5.55. The van der Waals surface area contributed by atoms with Gasteiger partial charge in [0.05, 0.1) is 17.4 Å². The van der Waals surface area contributed by atoms with Crippen molar-refractivity contribution in [3.05, 3.63) is 35.4 Å². The summed E-state index contributed by atoms with van der Waals surface area (Å²) in [4.78, 5) is 0. The third kappa shape index (κ3) is 3.84. The van der Waals surface area contributed by atoms with Crippen molar-refractivity contribution >= 4 is 10.0 Å². The van der Waals surface area contributed by atoms with Gasteiger partial charge in [0.1, 0.15) is 0 Å². The Kier molecular flexibility index (Phi) is 5.38. The van der Waals surface area contributed by atoms with Crippen LogP contribution in [0.1, 0.15) is 50.2 Å². The van der Waals surface area contributed by atoms with E-state index in [9.17, 15) is 8.42 Å². The average Bonchev–Trinajstić information content (AvgIpc) is 2.73. The molecule has 21 heavy (non-hydrogen) atoms. The molecule has 1 aliphatic heterocycles. The van der Waals surface area contributed by atoms with Crippen molar-refractivity contribution in [2.75, 3.05) is 6.54 Å². The predicted molar refractivity (Wildman–Crippen MR) is 83.0 cm³/mol. The molecule has 0 aromatic heterocycles. The normalized spacial score (nSPS) is 20.7. The van der Waals surface area contributed by atoms with Gasteiger partial charge in [0.2, 0.25) is 10.0 Å². The van der Waals surface area contributed by atoms with Crippen LogP contribution in [0.4, 0.5) is 0 Å². The molecule has 0 amide bonds. The van der Waals surface area contributed by atoms with E-state index in [0.29, 0.717) is 17.7 Å². The van der Waals surface area contributed by atoms with Gasteiger partial charge in [0.15, 0.2) is 0 Å². The fourth-order valence-corrected chi connectivity index (χ4v) is 4.89. The molecule has 114 valence electrons. The Balaban J connectivity index is 2.26. The molecule has 0 spiro atoms. The zero-order valence-electron chi connectivity index (χ0n) is 12.5. The molecule has 0 N–H and O–H groups in total. The summed E-state index contributed by atoms with van der Waals surface area (Å²) in [5.41, 5.74) is 1.04. The largest absolute Gasteiger partial charge is 0.218 e. The Hall–Kier alpha value is -1.38. The summed E-state index contributed by atoms with van der Waals surface area (Å²) in [5, 5.41) is 9.11. The molecule has 5 heteroatoms. The van der Waals surface area contributed by atoms with E-state index in [1.165, 1.54) is 0 Å². The van der Waals surface area contributed by atoms with Crippen molar-refractivity contribution in [3.63, 3.8) is 0 Å². The highest BCUT2D eigenvalue weighted by molar-refractivity contribution is 7.88. The third-order valence-corrected chi connectivity index (χ3v) is 6.00. The van der Waals surface area contributed by atoms with E-state index in [4.69, 9.17) is 5.26 Å². The minimum absolute atomic E-state index is 0.0762. The van der Waals surface area contributed by atoms with Gasteiger partial charge in [0, 0.05) is 12.6 Å². The lowest BCUT2D eigenvalue weighted by Gasteiger charge is -2.28. The fraction of sp³-hybridized carbons (Fsp3) is 0.562. The summed E-state index contributed by atoms with van der Waals surface area (Å²) in [5.74, 6) is -0.0762. The molecule has 1 saturated heterocycles. The summed E-state index contributed by atoms with van der Waals surface area (Å²) in [6, 6.07) is 9.12. The van der Waals surface area contributed by atoms with Gasteiger partial charge in [-0.1, -0.05) is 38.0 Å². The lowest BCUT2D eigenvalue weighted by molar-refractivity contribution is 0.314. The van der Waals surface area contributed by atoms with Crippen LogP contribution in [-0.2, 0) is 15.8 Å². The SMILES string of the molecule is CCC1CCCCCN1S(=O)(=O)Cc1ccccc1C#N. The van der Waals surface area contributed by atoms with Gasteiger partial charge in [-0.2, -0.15) is 9.57 Å². The summed E-state index contributed by atoms with van der Waals surface area (Å²) in [6.45, 7) is 2.65. The Labute approximate surface area is 127 Å². The van der Waals surface area contributed by atoms with E-state index in [1.54, 1.807) is 28.6 Å². The molecular weight excluding hydrogens is 284 g/mol. The molecule has 1 aromatic rings. The first-order valence-electron chi connectivity index (χ1n) is 7.56. The highest BCUT2D eigenvalue weighted by Gasteiger charge is 2.30. The van der Waals surface area contributed by atoms with Gasteiger partial charge < -0.3 is 0 Å². The zero-order chi connectivity index (χ0) is 15.3. The van der Waals surface area contributed by atoms with Crippen LogP contribution >= 0.6 is 0 Å². The van der Waals surface area contributed by atoms with Crippen LogP contribution in [0.5, 0.6) is 0 Å². The minimum atomic E-state index is -3.37. The lowest BCUT2D eigenvalue weighted by atomic mass is 10.1. The van der Waals surface area contributed by atoms with Crippen LogP contribution in [-0.4, -0.2) is 25.3 Å². The van der Waals surface area contributed by atoms with Crippen LogP contribution < -0.4 is 0 Å². The van der Waals surface area contributed by atoms with Crippen LogP contribution in [0.25, 0.3) is 0 Å². The molecule has 0 saturated carbocycles. The maximum atomic E-state index is 12.8. The number of nitriles is 1. The van der Waals surface area contributed by atoms with Crippen LogP contribution in [0.15, 0.2) is 24.3 Å². The monoisotopic (exact) mass is 306 g/mol. The molecule has 1 aromatic carbocycles. The average molecular weight is 306 g/mol. The van der Waals surface area contributed by atoms with Crippen molar-refractivity contribution in [1.29, 1.82) is 5.26 Å². The van der Waals surface area contributed by atoms with Crippen molar-refractivity contribution < 1.29 is 8.42 Å². The maximum Gasteiger partial charge on any atom is 0.218 e. The van der Waals surface area contributed by atoms with Gasteiger partial charge in [-0.15, -0.1) is 0 Å². The van der Waals surface area contributed by atoms with Crippen molar-refractivity contribution in [2.24, 2.45) is 0 Å². The molecule has 0 aliphatic carbocycles. The first kappa shape index (κ1) is 16.0. The van der Waals surface area contributed by atoms with Crippen molar-refractivity contribution in [2.45, 2.75) is 50.8 Å². The smallest absolute Gasteiger partial charge is 0.212 e. The minimum Gasteiger partial charge on any atom is -0.212 e. The Morgan fingerprint density at radius 3 is 2.76 bits per heavy atom.